The van der Waals surface area contributed by atoms with Gasteiger partial charge in [-0.15, -0.1) is 0 Å². The summed E-state index contributed by atoms with van der Waals surface area (Å²) in [6, 6.07) is 51.9. The average molecular weight is 701 g/mol. The molecule has 54 heavy (non-hydrogen) atoms. The SMILES string of the molecule is CC(C)(C)c1cc(-c2cc(-c3ccccc3O)nc3c2ccc2ccc(C4(c5ccccn5)c5ccccc5-c5ccccc54)cc23)cc(C(C)(C)C)c1. The molecule has 9 rings (SSSR count). The van der Waals surface area contributed by atoms with Crippen LogP contribution in [0.2, 0.25) is 0 Å². The number of aromatic nitrogens is 2. The first kappa shape index (κ1) is 33.8. The van der Waals surface area contributed by atoms with Crippen molar-refractivity contribution in [3.63, 3.8) is 0 Å². The Morgan fingerprint density at radius 2 is 1.11 bits per heavy atom. The van der Waals surface area contributed by atoms with Gasteiger partial charge in [0.25, 0.3) is 0 Å². The van der Waals surface area contributed by atoms with Crippen LogP contribution in [0, 0.1) is 0 Å². The van der Waals surface area contributed by atoms with Crippen molar-refractivity contribution < 1.29 is 5.11 Å². The zero-order valence-corrected chi connectivity index (χ0v) is 31.8. The van der Waals surface area contributed by atoms with Crippen LogP contribution in [0.15, 0.2) is 152 Å². The fourth-order valence-corrected chi connectivity index (χ4v) is 8.51. The third-order valence-electron chi connectivity index (χ3n) is 11.4. The molecule has 264 valence electrons. The van der Waals surface area contributed by atoms with E-state index >= 15 is 0 Å². The Labute approximate surface area is 318 Å². The molecule has 2 aromatic heterocycles. The van der Waals surface area contributed by atoms with Crippen LogP contribution in [-0.2, 0) is 16.2 Å². The number of rotatable bonds is 4. The maximum Gasteiger partial charge on any atom is 0.124 e. The molecule has 0 bridgehead atoms. The first-order valence-electron chi connectivity index (χ1n) is 18.9. The third-order valence-corrected chi connectivity index (χ3v) is 11.4. The molecule has 8 aromatic rings. The van der Waals surface area contributed by atoms with Crippen molar-refractivity contribution in [1.29, 1.82) is 0 Å². The summed E-state index contributed by atoms with van der Waals surface area (Å²) in [6.07, 6.45) is 1.90. The molecular formula is C51H44N2O. The fourth-order valence-electron chi connectivity index (χ4n) is 8.51. The molecule has 0 atom stereocenters. The van der Waals surface area contributed by atoms with Crippen LogP contribution in [0.25, 0.3) is 55.2 Å². The lowest BCUT2D eigenvalue weighted by atomic mass is 9.69. The van der Waals surface area contributed by atoms with Crippen LogP contribution in [0.5, 0.6) is 5.75 Å². The molecule has 0 radical (unpaired) electrons. The number of nitrogens with zero attached hydrogens (tertiary/aromatic N) is 2. The Bertz CT molecular complexity index is 2670. The molecule has 2 heterocycles. The van der Waals surface area contributed by atoms with E-state index in [2.05, 4.69) is 157 Å². The summed E-state index contributed by atoms with van der Waals surface area (Å²) >= 11 is 0. The van der Waals surface area contributed by atoms with Gasteiger partial charge < -0.3 is 5.11 Å². The molecule has 6 aromatic carbocycles. The monoisotopic (exact) mass is 700 g/mol. The summed E-state index contributed by atoms with van der Waals surface area (Å²) in [5, 5.41) is 14.4. The fraction of sp³-hybridized carbons (Fsp3) is 0.176. The van der Waals surface area contributed by atoms with Crippen LogP contribution in [-0.4, -0.2) is 15.1 Å². The van der Waals surface area contributed by atoms with E-state index in [1.807, 2.05) is 30.5 Å². The third kappa shape index (κ3) is 5.25. The predicted molar refractivity (Wildman–Crippen MR) is 224 cm³/mol. The van der Waals surface area contributed by atoms with E-state index in [9.17, 15) is 5.11 Å². The molecule has 0 aliphatic heterocycles. The lowest BCUT2D eigenvalue weighted by Crippen LogP contribution is -2.29. The highest BCUT2D eigenvalue weighted by Gasteiger charge is 2.47. The topological polar surface area (TPSA) is 46.0 Å². The zero-order valence-electron chi connectivity index (χ0n) is 31.8. The summed E-state index contributed by atoms with van der Waals surface area (Å²) < 4.78 is 0. The number of phenols is 1. The van der Waals surface area contributed by atoms with E-state index in [1.165, 1.54) is 33.4 Å². The van der Waals surface area contributed by atoms with Gasteiger partial charge in [0.1, 0.15) is 5.75 Å². The minimum Gasteiger partial charge on any atom is -0.507 e. The number of hydrogen-bond donors (Lipinski definition) is 1. The van der Waals surface area contributed by atoms with Gasteiger partial charge in [-0.1, -0.05) is 151 Å². The van der Waals surface area contributed by atoms with Crippen molar-refractivity contribution in [3.8, 4) is 39.3 Å². The van der Waals surface area contributed by atoms with Crippen LogP contribution in [0.3, 0.4) is 0 Å². The summed E-state index contributed by atoms with van der Waals surface area (Å²) in [7, 11) is 0. The molecule has 0 amide bonds. The second-order valence-electron chi connectivity index (χ2n) is 16.8. The van der Waals surface area contributed by atoms with E-state index in [0.29, 0.717) is 5.56 Å². The smallest absolute Gasteiger partial charge is 0.124 e. The van der Waals surface area contributed by atoms with Crippen LogP contribution >= 0.6 is 0 Å². The first-order valence-corrected chi connectivity index (χ1v) is 18.9. The van der Waals surface area contributed by atoms with Crippen molar-refractivity contribution >= 4 is 21.7 Å². The highest BCUT2D eigenvalue weighted by molar-refractivity contribution is 6.11. The van der Waals surface area contributed by atoms with E-state index < -0.39 is 5.41 Å². The minimum atomic E-state index is -0.633. The molecule has 0 saturated carbocycles. The number of benzene rings is 6. The second kappa shape index (κ2) is 12.2. The molecule has 1 aliphatic carbocycles. The second-order valence-corrected chi connectivity index (χ2v) is 16.8. The van der Waals surface area contributed by atoms with Gasteiger partial charge in [-0.25, -0.2) is 4.98 Å². The quantitative estimate of drug-likeness (QED) is 0.186. The van der Waals surface area contributed by atoms with Gasteiger partial charge in [0.2, 0.25) is 0 Å². The van der Waals surface area contributed by atoms with Crippen molar-refractivity contribution in [1.82, 2.24) is 9.97 Å². The number of pyridine rings is 2. The predicted octanol–water partition coefficient (Wildman–Crippen LogP) is 12.8. The number of fused-ring (bicyclic) bond motifs is 6. The molecule has 0 saturated heterocycles. The summed E-state index contributed by atoms with van der Waals surface area (Å²) in [5.74, 6) is 0.211. The van der Waals surface area contributed by atoms with E-state index in [4.69, 9.17) is 9.97 Å². The lowest BCUT2D eigenvalue weighted by Gasteiger charge is -2.33. The maximum atomic E-state index is 11.2. The van der Waals surface area contributed by atoms with E-state index in [-0.39, 0.29) is 16.6 Å². The van der Waals surface area contributed by atoms with Crippen molar-refractivity contribution in [2.45, 2.75) is 57.8 Å². The van der Waals surface area contributed by atoms with Crippen LogP contribution in [0.4, 0.5) is 0 Å². The Morgan fingerprint density at radius 1 is 0.519 bits per heavy atom. The van der Waals surface area contributed by atoms with Gasteiger partial charge in [-0.05, 0) is 103 Å². The minimum absolute atomic E-state index is 0.0470. The molecule has 1 aliphatic rings. The normalized spacial score (nSPS) is 13.6. The molecule has 1 N–H and O–H groups in total. The van der Waals surface area contributed by atoms with Crippen molar-refractivity contribution in [3.05, 3.63) is 185 Å². The van der Waals surface area contributed by atoms with Gasteiger partial charge in [-0.3, -0.25) is 4.98 Å². The van der Waals surface area contributed by atoms with Gasteiger partial charge >= 0.3 is 0 Å². The average Bonchev–Trinajstić information content (AvgIpc) is 3.48. The molecule has 0 unspecified atom stereocenters. The van der Waals surface area contributed by atoms with Gasteiger partial charge in [0.15, 0.2) is 0 Å². The maximum absolute atomic E-state index is 11.2. The largest absolute Gasteiger partial charge is 0.507 e. The first-order chi connectivity index (χ1) is 25.9. The molecular weight excluding hydrogens is 657 g/mol. The molecule has 3 heteroatoms. The summed E-state index contributed by atoms with van der Waals surface area (Å²) in [6.45, 7) is 13.7. The van der Waals surface area contributed by atoms with Gasteiger partial charge in [0, 0.05) is 22.5 Å². The van der Waals surface area contributed by atoms with Crippen molar-refractivity contribution in [2.75, 3.05) is 0 Å². The number of para-hydroxylation sites is 1. The van der Waals surface area contributed by atoms with Gasteiger partial charge in [0.05, 0.1) is 22.3 Å². The van der Waals surface area contributed by atoms with Gasteiger partial charge in [-0.2, -0.15) is 0 Å². The standard InChI is InChI=1S/C51H44N2O/c1-49(2,3)35-27-33(28-36(29-35)50(4,5)6)41-31-45(40-17-9-12-20-46(40)54)53-48-39(41)25-23-32-22-24-34(30-42(32)48)51(47-21-13-14-26-52-47)43-18-10-7-15-37(43)38-16-8-11-19-44(38)51/h7-31,54H,1-6H3. The van der Waals surface area contributed by atoms with Crippen molar-refractivity contribution in [2.24, 2.45) is 0 Å². The number of hydrogen-bond acceptors (Lipinski definition) is 3. The highest BCUT2D eigenvalue weighted by Crippen LogP contribution is 2.56. The Kier molecular flexibility index (Phi) is 7.66. The van der Waals surface area contributed by atoms with Crippen LogP contribution < -0.4 is 0 Å². The Balaban J connectivity index is 1.40. The number of aromatic hydroxyl groups is 1. The molecule has 0 fully saturated rings. The Hall–Kier alpha value is -6.06. The number of phenolic OH excluding ortho intramolecular Hbond substituents is 1. The summed E-state index contributed by atoms with van der Waals surface area (Å²) in [5.41, 5.74) is 13.5. The zero-order chi connectivity index (χ0) is 37.4. The molecule has 3 nitrogen and oxygen atoms in total. The van der Waals surface area contributed by atoms with Crippen LogP contribution in [0.1, 0.15) is 75.1 Å². The molecule has 0 spiro atoms. The Morgan fingerprint density at radius 3 is 1.72 bits per heavy atom. The van der Waals surface area contributed by atoms with E-state index in [1.54, 1.807) is 6.07 Å². The van der Waals surface area contributed by atoms with E-state index in [0.717, 1.165) is 49.8 Å². The lowest BCUT2D eigenvalue weighted by molar-refractivity contribution is 0.477. The summed E-state index contributed by atoms with van der Waals surface area (Å²) in [4.78, 5) is 10.5. The highest BCUT2D eigenvalue weighted by atomic mass is 16.3.